The summed E-state index contributed by atoms with van der Waals surface area (Å²) in [6.07, 6.45) is 3.83. The van der Waals surface area contributed by atoms with Crippen LogP contribution in [0.15, 0.2) is 59.6 Å². The van der Waals surface area contributed by atoms with Gasteiger partial charge in [0.05, 0.1) is 6.54 Å². The number of benzene rings is 2. The van der Waals surface area contributed by atoms with E-state index in [-0.39, 0.29) is 36.0 Å². The molecule has 2 saturated heterocycles. The van der Waals surface area contributed by atoms with Crippen molar-refractivity contribution in [2.24, 2.45) is 4.99 Å². The number of carbonyl (C=O) groups is 1. The van der Waals surface area contributed by atoms with Crippen LogP contribution < -0.4 is 15.0 Å². The van der Waals surface area contributed by atoms with Crippen molar-refractivity contribution < 1.29 is 9.53 Å². The second-order valence-electron chi connectivity index (χ2n) is 8.10. The number of amides is 1. The molecule has 2 aromatic carbocycles. The molecule has 7 heteroatoms. The fraction of sp³-hybridized carbons (Fsp3) is 0.440. The van der Waals surface area contributed by atoms with Gasteiger partial charge in [0.1, 0.15) is 11.9 Å². The summed E-state index contributed by atoms with van der Waals surface area (Å²) in [5, 5.41) is 3.43. The van der Waals surface area contributed by atoms with Crippen LogP contribution in [0.2, 0.25) is 0 Å². The van der Waals surface area contributed by atoms with E-state index in [4.69, 9.17) is 9.73 Å². The number of anilines is 1. The molecule has 32 heavy (non-hydrogen) atoms. The average Bonchev–Trinajstić information content (AvgIpc) is 3.24. The van der Waals surface area contributed by atoms with Gasteiger partial charge in [0, 0.05) is 51.1 Å². The summed E-state index contributed by atoms with van der Waals surface area (Å²) >= 11 is 0. The minimum absolute atomic E-state index is 0. The van der Waals surface area contributed by atoms with Crippen molar-refractivity contribution in [2.75, 3.05) is 31.1 Å². The largest absolute Gasteiger partial charge is 0.490 e. The molecule has 0 saturated carbocycles. The third kappa shape index (κ3) is 6.37. The number of piperidine rings is 1. The lowest BCUT2D eigenvalue weighted by Crippen LogP contribution is -2.47. The molecule has 6 nitrogen and oxygen atoms in total. The first kappa shape index (κ1) is 24.4. The second-order valence-corrected chi connectivity index (χ2v) is 8.10. The zero-order valence-electron chi connectivity index (χ0n) is 18.7. The summed E-state index contributed by atoms with van der Waals surface area (Å²) in [6.45, 7) is 6.25. The van der Waals surface area contributed by atoms with Crippen molar-refractivity contribution in [3.8, 4) is 5.75 Å². The normalized spacial score (nSPS) is 17.3. The van der Waals surface area contributed by atoms with Gasteiger partial charge in [0.2, 0.25) is 5.91 Å². The lowest BCUT2D eigenvalue weighted by atomic mass is 10.1. The Kier molecular flexibility index (Phi) is 9.20. The average molecular weight is 548 g/mol. The highest BCUT2D eigenvalue weighted by Gasteiger charge is 2.23. The van der Waals surface area contributed by atoms with Crippen LogP contribution in [0.5, 0.6) is 5.75 Å². The first-order valence-corrected chi connectivity index (χ1v) is 11.4. The van der Waals surface area contributed by atoms with Gasteiger partial charge in [0.15, 0.2) is 5.96 Å². The molecule has 2 aromatic rings. The fourth-order valence-electron chi connectivity index (χ4n) is 4.17. The third-order valence-corrected chi connectivity index (χ3v) is 5.86. The maximum Gasteiger partial charge on any atom is 0.227 e. The Bertz CT molecular complexity index is 881. The number of nitrogens with zero attached hydrogens (tertiary/aromatic N) is 3. The molecule has 0 radical (unpaired) electrons. The van der Waals surface area contributed by atoms with Gasteiger partial charge >= 0.3 is 0 Å². The lowest BCUT2D eigenvalue weighted by Gasteiger charge is -2.34. The van der Waals surface area contributed by atoms with Crippen molar-refractivity contribution in [3.63, 3.8) is 0 Å². The zero-order chi connectivity index (χ0) is 21.5. The van der Waals surface area contributed by atoms with E-state index in [1.54, 1.807) is 0 Å². The molecule has 0 atom stereocenters. The van der Waals surface area contributed by atoms with Crippen LogP contribution >= 0.6 is 24.0 Å². The van der Waals surface area contributed by atoms with Gasteiger partial charge in [-0.15, -0.1) is 24.0 Å². The monoisotopic (exact) mass is 548 g/mol. The maximum atomic E-state index is 11.9. The Balaban J connectivity index is 0.00000289. The lowest BCUT2D eigenvalue weighted by molar-refractivity contribution is -0.117. The fourth-order valence-corrected chi connectivity index (χ4v) is 4.17. The van der Waals surface area contributed by atoms with E-state index in [0.717, 1.165) is 68.4 Å². The van der Waals surface area contributed by atoms with Crippen molar-refractivity contribution in [1.29, 1.82) is 0 Å². The number of hydrogen-bond donors (Lipinski definition) is 1. The summed E-state index contributed by atoms with van der Waals surface area (Å²) in [5.41, 5.74) is 2.13. The summed E-state index contributed by atoms with van der Waals surface area (Å²) in [4.78, 5) is 21.0. The first-order valence-electron chi connectivity index (χ1n) is 11.4. The molecule has 0 bridgehead atoms. The Labute approximate surface area is 208 Å². The number of halogens is 1. The Morgan fingerprint density at radius 1 is 1.06 bits per heavy atom. The molecular formula is C25H33IN4O2. The molecule has 0 aromatic heterocycles. The quantitative estimate of drug-likeness (QED) is 0.330. The Hall–Kier alpha value is -2.29. The maximum absolute atomic E-state index is 11.9. The number of para-hydroxylation sites is 1. The molecule has 0 spiro atoms. The molecule has 2 aliphatic rings. The summed E-state index contributed by atoms with van der Waals surface area (Å²) < 4.78 is 6.12. The summed E-state index contributed by atoms with van der Waals surface area (Å²) in [6, 6.07) is 18.3. The molecule has 1 amide bonds. The molecule has 172 valence electrons. The van der Waals surface area contributed by atoms with E-state index in [1.807, 2.05) is 47.4 Å². The molecule has 0 unspecified atom stereocenters. The zero-order valence-corrected chi connectivity index (χ0v) is 21.0. The van der Waals surface area contributed by atoms with Gasteiger partial charge in [-0.05, 0) is 43.2 Å². The van der Waals surface area contributed by atoms with E-state index in [9.17, 15) is 4.79 Å². The molecule has 0 aliphatic carbocycles. The number of carbonyl (C=O) groups excluding carboxylic acids is 1. The van der Waals surface area contributed by atoms with Gasteiger partial charge in [-0.25, -0.2) is 4.99 Å². The standard InChI is InChI=1S/C25H32N4O2.HI/c1-2-26-25(28-17-14-23(15-18-28)31-22-7-4-3-5-8-22)27-19-20-10-12-21(13-11-20)29-16-6-9-24(29)30;/h3-5,7-8,10-13,23H,2,6,9,14-19H2,1H3,(H,26,27);1H. The number of nitrogens with one attached hydrogen (secondary N) is 1. The van der Waals surface area contributed by atoms with Crippen LogP contribution in [-0.4, -0.2) is 49.0 Å². The van der Waals surface area contributed by atoms with Crippen molar-refractivity contribution in [3.05, 3.63) is 60.2 Å². The minimum atomic E-state index is 0. The first-order chi connectivity index (χ1) is 15.2. The number of hydrogen-bond acceptors (Lipinski definition) is 3. The van der Waals surface area contributed by atoms with Crippen LogP contribution in [0.3, 0.4) is 0 Å². The van der Waals surface area contributed by atoms with E-state index in [2.05, 4.69) is 29.3 Å². The molecule has 2 heterocycles. The smallest absolute Gasteiger partial charge is 0.227 e. The van der Waals surface area contributed by atoms with Gasteiger partial charge in [-0.3, -0.25) is 4.79 Å². The molecular weight excluding hydrogens is 515 g/mol. The van der Waals surface area contributed by atoms with Crippen LogP contribution in [0.4, 0.5) is 5.69 Å². The Morgan fingerprint density at radius 3 is 2.41 bits per heavy atom. The molecule has 2 aliphatic heterocycles. The van der Waals surface area contributed by atoms with Crippen molar-refractivity contribution in [2.45, 2.75) is 45.3 Å². The van der Waals surface area contributed by atoms with Crippen LogP contribution in [0.25, 0.3) is 0 Å². The van der Waals surface area contributed by atoms with E-state index >= 15 is 0 Å². The number of likely N-dealkylation sites (tertiary alicyclic amines) is 1. The number of rotatable bonds is 6. The highest BCUT2D eigenvalue weighted by atomic mass is 127. The number of aliphatic imine (C=N–C) groups is 1. The SMILES string of the molecule is CCNC(=NCc1ccc(N2CCCC2=O)cc1)N1CCC(Oc2ccccc2)CC1.I. The van der Waals surface area contributed by atoms with Gasteiger partial charge in [-0.2, -0.15) is 0 Å². The second kappa shape index (κ2) is 12.1. The molecule has 2 fully saturated rings. The minimum Gasteiger partial charge on any atom is -0.490 e. The topological polar surface area (TPSA) is 57.2 Å². The van der Waals surface area contributed by atoms with Gasteiger partial charge in [-0.1, -0.05) is 30.3 Å². The van der Waals surface area contributed by atoms with Crippen molar-refractivity contribution >= 4 is 41.5 Å². The number of ether oxygens (including phenoxy) is 1. The molecule has 1 N–H and O–H groups in total. The molecule has 4 rings (SSSR count). The van der Waals surface area contributed by atoms with Crippen molar-refractivity contribution in [1.82, 2.24) is 10.2 Å². The highest BCUT2D eigenvalue weighted by molar-refractivity contribution is 14.0. The van der Waals surface area contributed by atoms with Gasteiger partial charge < -0.3 is 19.9 Å². The Morgan fingerprint density at radius 2 is 1.78 bits per heavy atom. The van der Waals surface area contributed by atoms with E-state index in [0.29, 0.717) is 13.0 Å². The van der Waals surface area contributed by atoms with Crippen LogP contribution in [0, 0.1) is 0 Å². The van der Waals surface area contributed by atoms with E-state index in [1.165, 1.54) is 0 Å². The number of guanidine groups is 1. The summed E-state index contributed by atoms with van der Waals surface area (Å²) in [7, 11) is 0. The van der Waals surface area contributed by atoms with Crippen LogP contribution in [0.1, 0.15) is 38.2 Å². The predicted octanol–water partition coefficient (Wildman–Crippen LogP) is 4.44. The predicted molar refractivity (Wildman–Crippen MR) is 140 cm³/mol. The van der Waals surface area contributed by atoms with Gasteiger partial charge in [0.25, 0.3) is 0 Å². The highest BCUT2D eigenvalue weighted by Crippen LogP contribution is 2.22. The summed E-state index contributed by atoms with van der Waals surface area (Å²) in [5.74, 6) is 2.12. The third-order valence-electron chi connectivity index (χ3n) is 5.86. The van der Waals surface area contributed by atoms with Crippen LogP contribution in [-0.2, 0) is 11.3 Å². The van der Waals surface area contributed by atoms with E-state index < -0.39 is 0 Å².